The molecule has 0 radical (unpaired) electrons. The number of hydrogen-bond acceptors (Lipinski definition) is 4. The summed E-state index contributed by atoms with van der Waals surface area (Å²) in [6.07, 6.45) is 0. The van der Waals surface area contributed by atoms with Crippen LogP contribution in [0.3, 0.4) is 0 Å². The maximum atomic E-state index is 11.3. The highest BCUT2D eigenvalue weighted by molar-refractivity contribution is 5.77. The monoisotopic (exact) mass is 261 g/mol. The van der Waals surface area contributed by atoms with Gasteiger partial charge in [-0.25, -0.2) is 0 Å². The van der Waals surface area contributed by atoms with Gasteiger partial charge in [0, 0.05) is 6.04 Å². The van der Waals surface area contributed by atoms with Gasteiger partial charge in [-0.15, -0.1) is 0 Å². The van der Waals surface area contributed by atoms with E-state index >= 15 is 0 Å². The molecule has 0 saturated carbocycles. The number of nitriles is 1. The van der Waals surface area contributed by atoms with E-state index in [1.165, 1.54) is 0 Å². The third-order valence-electron chi connectivity index (χ3n) is 2.60. The van der Waals surface area contributed by atoms with Gasteiger partial charge in [0.2, 0.25) is 0 Å². The zero-order chi connectivity index (χ0) is 14.1. The number of carbonyl (C=O) groups excluding carboxylic acids is 1. The molecule has 5 nitrogen and oxygen atoms in total. The fourth-order valence-electron chi connectivity index (χ4n) is 1.64. The van der Waals surface area contributed by atoms with Crippen LogP contribution in [0.25, 0.3) is 0 Å². The van der Waals surface area contributed by atoms with Gasteiger partial charge in [0.25, 0.3) is 5.91 Å². The molecule has 1 rings (SSSR count). The molecule has 0 aromatic heterocycles. The first-order chi connectivity index (χ1) is 9.17. The van der Waals surface area contributed by atoms with Gasteiger partial charge in [-0.05, 0) is 31.2 Å². The van der Waals surface area contributed by atoms with Crippen LogP contribution in [0, 0.1) is 11.3 Å². The Bertz CT molecular complexity index is 454. The van der Waals surface area contributed by atoms with E-state index in [1.54, 1.807) is 6.07 Å². The van der Waals surface area contributed by atoms with E-state index in [2.05, 4.69) is 24.5 Å². The number of ether oxygens (including phenoxy) is 1. The summed E-state index contributed by atoms with van der Waals surface area (Å²) in [7, 11) is 0. The van der Waals surface area contributed by atoms with E-state index in [-0.39, 0.29) is 25.1 Å². The molecule has 1 unspecified atom stereocenters. The molecular weight excluding hydrogens is 242 g/mol. The van der Waals surface area contributed by atoms with Crippen LogP contribution in [0.1, 0.15) is 25.5 Å². The average Bonchev–Trinajstić information content (AvgIpc) is 2.43. The lowest BCUT2D eigenvalue weighted by Gasteiger charge is -2.14. The lowest BCUT2D eigenvalue weighted by Crippen LogP contribution is -2.29. The topological polar surface area (TPSA) is 74.2 Å². The van der Waals surface area contributed by atoms with Crippen molar-refractivity contribution in [3.05, 3.63) is 29.8 Å². The molecule has 0 aliphatic rings. The normalized spacial score (nSPS) is 11.4. The Hall–Kier alpha value is -2.06. The predicted octanol–water partition coefficient (Wildman–Crippen LogP) is 1.38. The summed E-state index contributed by atoms with van der Waals surface area (Å²) in [5.41, 5.74) is 1.11. The number of rotatable bonds is 7. The fourth-order valence-corrected chi connectivity index (χ4v) is 1.64. The van der Waals surface area contributed by atoms with Crippen molar-refractivity contribution < 1.29 is 9.53 Å². The molecule has 1 aromatic rings. The molecule has 19 heavy (non-hydrogen) atoms. The van der Waals surface area contributed by atoms with Crippen molar-refractivity contribution in [3.8, 4) is 11.8 Å². The Morgan fingerprint density at radius 1 is 1.53 bits per heavy atom. The molecule has 1 amide bonds. The number of carbonyl (C=O) groups is 1. The van der Waals surface area contributed by atoms with Crippen molar-refractivity contribution in [1.82, 2.24) is 10.6 Å². The van der Waals surface area contributed by atoms with Gasteiger partial charge in [-0.3, -0.25) is 4.79 Å². The zero-order valence-electron chi connectivity index (χ0n) is 11.3. The Morgan fingerprint density at radius 3 is 3.00 bits per heavy atom. The van der Waals surface area contributed by atoms with Gasteiger partial charge in [0.05, 0.1) is 6.07 Å². The minimum absolute atomic E-state index is 0.000310. The van der Waals surface area contributed by atoms with Crippen LogP contribution in [0.4, 0.5) is 0 Å². The summed E-state index contributed by atoms with van der Waals surface area (Å²) < 4.78 is 5.38. The second-order valence-electron chi connectivity index (χ2n) is 4.08. The molecule has 1 aromatic carbocycles. The summed E-state index contributed by atoms with van der Waals surface area (Å²) in [6.45, 7) is 4.93. The number of nitrogens with one attached hydrogen (secondary N) is 2. The first-order valence-corrected chi connectivity index (χ1v) is 6.27. The molecule has 0 spiro atoms. The number of amides is 1. The summed E-state index contributed by atoms with van der Waals surface area (Å²) in [5.74, 6) is 0.348. The predicted molar refractivity (Wildman–Crippen MR) is 72.7 cm³/mol. The Morgan fingerprint density at radius 2 is 2.32 bits per heavy atom. The number of hydrogen-bond donors (Lipinski definition) is 2. The van der Waals surface area contributed by atoms with Gasteiger partial charge in [-0.1, -0.05) is 19.1 Å². The van der Waals surface area contributed by atoms with Gasteiger partial charge < -0.3 is 15.4 Å². The van der Waals surface area contributed by atoms with Crippen molar-refractivity contribution in [2.24, 2.45) is 0 Å². The highest BCUT2D eigenvalue weighted by Gasteiger charge is 2.06. The second-order valence-corrected chi connectivity index (χ2v) is 4.08. The molecule has 0 fully saturated rings. The zero-order valence-corrected chi connectivity index (χ0v) is 11.3. The van der Waals surface area contributed by atoms with E-state index in [9.17, 15) is 4.79 Å². The highest BCUT2D eigenvalue weighted by Crippen LogP contribution is 2.18. The first-order valence-electron chi connectivity index (χ1n) is 6.27. The second kappa shape index (κ2) is 8.11. The molecule has 2 N–H and O–H groups in total. The quantitative estimate of drug-likeness (QED) is 0.727. The van der Waals surface area contributed by atoms with Crippen LogP contribution in [-0.2, 0) is 4.79 Å². The van der Waals surface area contributed by atoms with E-state index < -0.39 is 0 Å². The van der Waals surface area contributed by atoms with Crippen molar-refractivity contribution in [2.45, 2.75) is 19.9 Å². The minimum Gasteiger partial charge on any atom is -0.484 e. The SMILES string of the molecule is CCNC(C)c1cccc(OCC(=O)NCC#N)c1. The molecular formula is C14H19N3O2. The fraction of sp³-hybridized carbons (Fsp3) is 0.429. The van der Waals surface area contributed by atoms with Crippen molar-refractivity contribution in [3.63, 3.8) is 0 Å². The van der Waals surface area contributed by atoms with Crippen LogP contribution in [0.15, 0.2) is 24.3 Å². The van der Waals surface area contributed by atoms with E-state index in [4.69, 9.17) is 10.00 Å². The molecule has 0 heterocycles. The summed E-state index contributed by atoms with van der Waals surface area (Å²) >= 11 is 0. The van der Waals surface area contributed by atoms with E-state index in [0.717, 1.165) is 12.1 Å². The van der Waals surface area contributed by atoms with E-state index in [0.29, 0.717) is 5.75 Å². The molecule has 0 bridgehead atoms. The Labute approximate surface area is 113 Å². The Balaban J connectivity index is 2.53. The standard InChI is InChI=1S/C14H19N3O2/c1-3-16-11(2)12-5-4-6-13(9-12)19-10-14(18)17-8-7-15/h4-6,9,11,16H,3,8,10H2,1-2H3,(H,17,18). The van der Waals surface area contributed by atoms with Crippen molar-refractivity contribution >= 4 is 5.91 Å². The minimum atomic E-state index is -0.299. The van der Waals surface area contributed by atoms with Crippen molar-refractivity contribution in [1.29, 1.82) is 5.26 Å². The lowest BCUT2D eigenvalue weighted by molar-refractivity contribution is -0.122. The van der Waals surface area contributed by atoms with Gasteiger partial charge in [0.15, 0.2) is 6.61 Å². The molecule has 102 valence electrons. The first kappa shape index (κ1) is 15.0. The number of benzene rings is 1. The molecule has 5 heteroatoms. The lowest BCUT2D eigenvalue weighted by atomic mass is 10.1. The van der Waals surface area contributed by atoms with Crippen LogP contribution in [-0.4, -0.2) is 25.6 Å². The van der Waals surface area contributed by atoms with Crippen LogP contribution < -0.4 is 15.4 Å². The molecule has 1 atom stereocenters. The Kier molecular flexibility index (Phi) is 6.41. The van der Waals surface area contributed by atoms with Crippen LogP contribution >= 0.6 is 0 Å². The smallest absolute Gasteiger partial charge is 0.258 e. The van der Waals surface area contributed by atoms with Crippen LogP contribution in [0.2, 0.25) is 0 Å². The van der Waals surface area contributed by atoms with E-state index in [1.807, 2.05) is 24.3 Å². The highest BCUT2D eigenvalue weighted by atomic mass is 16.5. The largest absolute Gasteiger partial charge is 0.484 e. The third kappa shape index (κ3) is 5.40. The van der Waals surface area contributed by atoms with Gasteiger partial charge >= 0.3 is 0 Å². The maximum absolute atomic E-state index is 11.3. The van der Waals surface area contributed by atoms with Crippen molar-refractivity contribution in [2.75, 3.05) is 19.7 Å². The average molecular weight is 261 g/mol. The molecule has 0 aliphatic heterocycles. The molecule has 0 aliphatic carbocycles. The number of nitrogens with zero attached hydrogens (tertiary/aromatic N) is 1. The summed E-state index contributed by atoms with van der Waals surface area (Å²) in [5, 5.41) is 14.1. The maximum Gasteiger partial charge on any atom is 0.258 e. The van der Waals surface area contributed by atoms with Crippen LogP contribution in [0.5, 0.6) is 5.75 Å². The summed E-state index contributed by atoms with van der Waals surface area (Å²) in [6, 6.07) is 9.69. The summed E-state index contributed by atoms with van der Waals surface area (Å²) in [4.78, 5) is 11.3. The van der Waals surface area contributed by atoms with Gasteiger partial charge in [-0.2, -0.15) is 5.26 Å². The van der Waals surface area contributed by atoms with Gasteiger partial charge in [0.1, 0.15) is 12.3 Å². The third-order valence-corrected chi connectivity index (χ3v) is 2.60. The molecule has 0 saturated heterocycles.